The van der Waals surface area contributed by atoms with Gasteiger partial charge in [-0.3, -0.25) is 0 Å². The molecular weight excluding hydrogens is 258 g/mol. The van der Waals surface area contributed by atoms with Crippen LogP contribution in [0, 0.1) is 0 Å². The van der Waals surface area contributed by atoms with Gasteiger partial charge >= 0.3 is 0 Å². The van der Waals surface area contributed by atoms with Gasteiger partial charge in [0.05, 0.1) is 18.6 Å². The van der Waals surface area contributed by atoms with Crippen LogP contribution in [0.1, 0.15) is 35.2 Å². The molecule has 1 aromatic heterocycles. The van der Waals surface area contributed by atoms with Gasteiger partial charge < -0.3 is 9.73 Å². The Morgan fingerprint density at radius 2 is 1.95 bits per heavy atom. The van der Waals surface area contributed by atoms with E-state index >= 15 is 0 Å². The van der Waals surface area contributed by atoms with Gasteiger partial charge in [0.1, 0.15) is 0 Å². The van der Waals surface area contributed by atoms with Gasteiger partial charge in [0.15, 0.2) is 0 Å². The van der Waals surface area contributed by atoms with Gasteiger partial charge in [0.25, 0.3) is 0 Å². The summed E-state index contributed by atoms with van der Waals surface area (Å²) in [6, 6.07) is 13.5. The minimum Gasteiger partial charge on any atom is -0.472 e. The minimum atomic E-state index is 0.193. The molecule has 2 heteroatoms. The fourth-order valence-electron chi connectivity index (χ4n) is 3.57. The fraction of sp³-hybridized carbons (Fsp3) is 0.263. The maximum atomic E-state index is 5.30. The largest absolute Gasteiger partial charge is 0.472 e. The molecular formula is C19H19NO. The van der Waals surface area contributed by atoms with Gasteiger partial charge in [-0.15, -0.1) is 0 Å². The van der Waals surface area contributed by atoms with Crippen LogP contribution < -0.4 is 5.32 Å². The SMILES string of the molecule is CCNC(c1ccoc1)c1ccc2c3c(cccc13)CC2. The molecule has 0 amide bonds. The smallest absolute Gasteiger partial charge is 0.0953 e. The zero-order valence-electron chi connectivity index (χ0n) is 12.2. The predicted molar refractivity (Wildman–Crippen MR) is 85.6 cm³/mol. The zero-order chi connectivity index (χ0) is 14.2. The fourth-order valence-corrected chi connectivity index (χ4v) is 3.57. The van der Waals surface area contributed by atoms with Crippen molar-refractivity contribution in [3.63, 3.8) is 0 Å². The number of rotatable bonds is 4. The first-order valence-corrected chi connectivity index (χ1v) is 7.67. The Hall–Kier alpha value is -2.06. The van der Waals surface area contributed by atoms with Crippen molar-refractivity contribution in [2.75, 3.05) is 6.54 Å². The molecule has 0 saturated carbocycles. The quantitative estimate of drug-likeness (QED) is 0.772. The zero-order valence-corrected chi connectivity index (χ0v) is 12.2. The molecule has 1 atom stereocenters. The normalized spacial score (nSPS) is 14.7. The highest BCUT2D eigenvalue weighted by molar-refractivity contribution is 5.93. The third-order valence-corrected chi connectivity index (χ3v) is 4.51. The van der Waals surface area contributed by atoms with Crippen molar-refractivity contribution in [3.05, 3.63) is 71.2 Å². The van der Waals surface area contributed by atoms with Gasteiger partial charge in [0, 0.05) is 5.56 Å². The molecule has 0 bridgehead atoms. The lowest BCUT2D eigenvalue weighted by atomic mass is 9.93. The van der Waals surface area contributed by atoms with E-state index in [0.29, 0.717) is 0 Å². The van der Waals surface area contributed by atoms with E-state index in [0.717, 1.165) is 6.54 Å². The first-order chi connectivity index (χ1) is 10.4. The van der Waals surface area contributed by atoms with Crippen LogP contribution in [0.3, 0.4) is 0 Å². The van der Waals surface area contributed by atoms with E-state index in [2.05, 4.69) is 48.6 Å². The van der Waals surface area contributed by atoms with Crippen LogP contribution in [0.4, 0.5) is 0 Å². The molecule has 106 valence electrons. The molecule has 4 rings (SSSR count). The second kappa shape index (κ2) is 5.05. The summed E-state index contributed by atoms with van der Waals surface area (Å²) in [4.78, 5) is 0. The van der Waals surface area contributed by atoms with Crippen molar-refractivity contribution in [2.24, 2.45) is 0 Å². The molecule has 1 aliphatic rings. The number of aryl methyl sites for hydroxylation is 2. The average Bonchev–Trinajstić information content (AvgIpc) is 3.17. The minimum absolute atomic E-state index is 0.193. The van der Waals surface area contributed by atoms with E-state index in [1.807, 2.05) is 6.26 Å². The molecule has 0 aliphatic heterocycles. The maximum absolute atomic E-state index is 5.30. The summed E-state index contributed by atoms with van der Waals surface area (Å²) in [5, 5.41) is 6.45. The lowest BCUT2D eigenvalue weighted by Gasteiger charge is -2.19. The summed E-state index contributed by atoms with van der Waals surface area (Å²) in [5.74, 6) is 0. The van der Waals surface area contributed by atoms with Crippen LogP contribution in [-0.4, -0.2) is 6.54 Å². The van der Waals surface area contributed by atoms with E-state index in [-0.39, 0.29) is 6.04 Å². The molecule has 2 aromatic carbocycles. The van der Waals surface area contributed by atoms with Crippen LogP contribution in [0.15, 0.2) is 53.3 Å². The molecule has 2 nitrogen and oxygen atoms in total. The molecule has 3 aromatic rings. The summed E-state index contributed by atoms with van der Waals surface area (Å²) < 4.78 is 5.30. The standard InChI is InChI=1S/C19H19NO/c1-2-20-19(15-10-11-21-12-15)17-9-8-14-7-6-13-4-3-5-16(17)18(13)14/h3-5,8-12,19-20H,2,6-7H2,1H3. The molecule has 1 aliphatic carbocycles. The lowest BCUT2D eigenvalue weighted by Crippen LogP contribution is -2.21. The Balaban J connectivity index is 1.93. The van der Waals surface area contributed by atoms with Crippen molar-refractivity contribution < 1.29 is 4.42 Å². The predicted octanol–water partition coefficient (Wildman–Crippen LogP) is 4.23. The Labute approximate surface area is 124 Å². The van der Waals surface area contributed by atoms with Crippen LogP contribution >= 0.6 is 0 Å². The third kappa shape index (κ3) is 1.98. The highest BCUT2D eigenvalue weighted by atomic mass is 16.3. The van der Waals surface area contributed by atoms with E-state index in [1.165, 1.54) is 45.9 Å². The summed E-state index contributed by atoms with van der Waals surface area (Å²) in [6.45, 7) is 3.08. The molecule has 1 unspecified atom stereocenters. The summed E-state index contributed by atoms with van der Waals surface area (Å²) in [5.41, 5.74) is 5.52. The average molecular weight is 277 g/mol. The van der Waals surface area contributed by atoms with Crippen molar-refractivity contribution in [2.45, 2.75) is 25.8 Å². The molecule has 0 spiro atoms. The summed E-state index contributed by atoms with van der Waals surface area (Å²) >= 11 is 0. The van der Waals surface area contributed by atoms with Gasteiger partial charge in [-0.05, 0) is 52.9 Å². The molecule has 1 heterocycles. The molecule has 0 fully saturated rings. The highest BCUT2D eigenvalue weighted by Crippen LogP contribution is 2.36. The van der Waals surface area contributed by atoms with Gasteiger partial charge in [-0.25, -0.2) is 0 Å². The Bertz CT molecular complexity index is 763. The van der Waals surface area contributed by atoms with Gasteiger partial charge in [0.2, 0.25) is 0 Å². The number of furan rings is 1. The summed E-state index contributed by atoms with van der Waals surface area (Å²) in [6.07, 6.45) is 5.94. The monoisotopic (exact) mass is 277 g/mol. The second-order valence-corrected chi connectivity index (χ2v) is 5.70. The second-order valence-electron chi connectivity index (χ2n) is 5.70. The Morgan fingerprint density at radius 3 is 2.71 bits per heavy atom. The molecule has 21 heavy (non-hydrogen) atoms. The van der Waals surface area contributed by atoms with Gasteiger partial charge in [-0.2, -0.15) is 0 Å². The third-order valence-electron chi connectivity index (χ3n) is 4.51. The van der Waals surface area contributed by atoms with Crippen LogP contribution in [0.5, 0.6) is 0 Å². The van der Waals surface area contributed by atoms with Crippen LogP contribution in [-0.2, 0) is 12.8 Å². The van der Waals surface area contributed by atoms with E-state index < -0.39 is 0 Å². The number of nitrogens with one attached hydrogen (secondary N) is 1. The van der Waals surface area contributed by atoms with E-state index in [1.54, 1.807) is 6.26 Å². The number of benzene rings is 2. The van der Waals surface area contributed by atoms with Crippen molar-refractivity contribution in [1.82, 2.24) is 5.32 Å². The van der Waals surface area contributed by atoms with E-state index in [9.17, 15) is 0 Å². The number of hydrogen-bond acceptors (Lipinski definition) is 2. The molecule has 0 saturated heterocycles. The van der Waals surface area contributed by atoms with Crippen molar-refractivity contribution in [3.8, 4) is 0 Å². The highest BCUT2D eigenvalue weighted by Gasteiger charge is 2.21. The van der Waals surface area contributed by atoms with Crippen molar-refractivity contribution >= 4 is 10.8 Å². The number of hydrogen-bond donors (Lipinski definition) is 1. The van der Waals surface area contributed by atoms with Gasteiger partial charge in [-0.1, -0.05) is 37.3 Å². The summed E-state index contributed by atoms with van der Waals surface area (Å²) in [7, 11) is 0. The van der Waals surface area contributed by atoms with Crippen LogP contribution in [0.25, 0.3) is 10.8 Å². The maximum Gasteiger partial charge on any atom is 0.0953 e. The molecule has 1 N–H and O–H groups in total. The lowest BCUT2D eigenvalue weighted by molar-refractivity contribution is 0.553. The first-order valence-electron chi connectivity index (χ1n) is 7.67. The van der Waals surface area contributed by atoms with E-state index in [4.69, 9.17) is 4.42 Å². The van der Waals surface area contributed by atoms with Crippen LogP contribution in [0.2, 0.25) is 0 Å². The topological polar surface area (TPSA) is 25.2 Å². The Morgan fingerprint density at radius 1 is 1.10 bits per heavy atom. The van der Waals surface area contributed by atoms with Crippen molar-refractivity contribution in [1.29, 1.82) is 0 Å². The molecule has 0 radical (unpaired) electrons. The first kappa shape index (κ1) is 12.7. The Kier molecular flexibility index (Phi) is 3.04.